The second-order valence-electron chi connectivity index (χ2n) is 7.24. The number of nitrogens with zero attached hydrogens (tertiary/aromatic N) is 4. The van der Waals surface area contributed by atoms with Crippen LogP contribution in [0.25, 0.3) is 0 Å². The topological polar surface area (TPSA) is 87.9 Å². The predicted molar refractivity (Wildman–Crippen MR) is 92.3 cm³/mol. The van der Waals surface area contributed by atoms with Gasteiger partial charge in [0.2, 0.25) is 0 Å². The number of piperidine rings is 1. The number of alkyl halides is 3. The molecule has 2 fully saturated rings. The van der Waals surface area contributed by atoms with Crippen molar-refractivity contribution in [2.75, 3.05) is 27.2 Å². The molecule has 2 saturated heterocycles. The molecule has 0 aromatic carbocycles. The number of carbonyl (C=O) groups excluding carboxylic acids is 1. The van der Waals surface area contributed by atoms with Gasteiger partial charge in [-0.05, 0) is 25.3 Å². The molecule has 2 aliphatic rings. The number of aliphatic carboxylic acids is 1. The van der Waals surface area contributed by atoms with Crippen LogP contribution in [0.5, 0.6) is 0 Å². The number of amides is 1. The Balaban J connectivity index is 0.000000345. The molecule has 158 valence electrons. The molecule has 0 aliphatic carbocycles. The van der Waals surface area contributed by atoms with Gasteiger partial charge >= 0.3 is 12.1 Å². The molecule has 0 bridgehead atoms. The highest BCUT2D eigenvalue weighted by Gasteiger charge is 2.42. The Labute approximate surface area is 160 Å². The van der Waals surface area contributed by atoms with Gasteiger partial charge < -0.3 is 14.7 Å². The van der Waals surface area contributed by atoms with Gasteiger partial charge in [0.05, 0.1) is 12.3 Å². The van der Waals surface area contributed by atoms with Gasteiger partial charge in [-0.15, -0.1) is 0 Å². The van der Waals surface area contributed by atoms with Crippen LogP contribution in [0.4, 0.5) is 13.2 Å². The maximum Gasteiger partial charge on any atom is 0.490 e. The van der Waals surface area contributed by atoms with Gasteiger partial charge in [-0.3, -0.25) is 14.4 Å². The van der Waals surface area contributed by atoms with Crippen LogP contribution in [0, 0.1) is 5.92 Å². The summed E-state index contributed by atoms with van der Waals surface area (Å²) in [6, 6.07) is 0. The summed E-state index contributed by atoms with van der Waals surface area (Å²) < 4.78 is 39.6. The van der Waals surface area contributed by atoms with Crippen LogP contribution in [0.15, 0.2) is 12.4 Å². The first-order chi connectivity index (χ1) is 13.0. The normalized spacial score (nSPS) is 24.9. The zero-order valence-electron chi connectivity index (χ0n) is 16.0. The summed E-state index contributed by atoms with van der Waals surface area (Å²) in [4.78, 5) is 25.0. The van der Waals surface area contributed by atoms with Crippen molar-refractivity contribution in [1.82, 2.24) is 19.6 Å². The fourth-order valence-electron chi connectivity index (χ4n) is 3.40. The monoisotopic (exact) mass is 406 g/mol. The van der Waals surface area contributed by atoms with Crippen molar-refractivity contribution in [3.63, 3.8) is 0 Å². The van der Waals surface area contributed by atoms with Crippen LogP contribution in [0.3, 0.4) is 0 Å². The van der Waals surface area contributed by atoms with E-state index < -0.39 is 12.1 Å². The van der Waals surface area contributed by atoms with Crippen LogP contribution >= 0.6 is 0 Å². The predicted octanol–water partition coefficient (Wildman–Crippen LogP) is 1.12. The van der Waals surface area contributed by atoms with E-state index in [0.717, 1.165) is 32.5 Å². The average molecular weight is 406 g/mol. The Kier molecular flexibility index (Phi) is 7.05. The van der Waals surface area contributed by atoms with Crippen molar-refractivity contribution in [2.24, 2.45) is 13.0 Å². The number of carboxylic acid groups (broad SMARTS) is 1. The molecular formula is C17H25F3N4O4. The van der Waals surface area contributed by atoms with E-state index in [4.69, 9.17) is 14.6 Å². The highest BCUT2D eigenvalue weighted by atomic mass is 19.4. The fourth-order valence-corrected chi connectivity index (χ4v) is 3.40. The number of likely N-dealkylation sites (tertiary alicyclic amines) is 1. The second-order valence-corrected chi connectivity index (χ2v) is 7.24. The van der Waals surface area contributed by atoms with E-state index in [9.17, 15) is 18.0 Å². The molecular weight excluding hydrogens is 381 g/mol. The number of aryl methyl sites for hydroxylation is 1. The summed E-state index contributed by atoms with van der Waals surface area (Å²) in [7, 11) is 5.53. The summed E-state index contributed by atoms with van der Waals surface area (Å²) in [5.74, 6) is -2.13. The molecule has 1 aromatic rings. The molecule has 1 amide bonds. The number of rotatable bonds is 3. The van der Waals surface area contributed by atoms with Crippen molar-refractivity contribution < 1.29 is 32.6 Å². The summed E-state index contributed by atoms with van der Waals surface area (Å²) in [6.45, 7) is 2.89. The molecule has 8 nitrogen and oxygen atoms in total. The number of likely N-dealkylation sites (N-methyl/N-ethyl adjacent to an activating group) is 1. The largest absolute Gasteiger partial charge is 0.490 e. The highest BCUT2D eigenvalue weighted by Crippen LogP contribution is 2.34. The standard InChI is InChI=1S/C15H24N4O2.C2HF3O2/c1-17(2)15(20)13-6-12-4-5-19(10-14(12)21-13)9-11-7-16-18(3)8-11;3-2(4,5)1(6)7/h7-8,12-14H,4-6,9-10H2,1-3H3;(H,6,7)/t12-,13+,14-;/m0./s1. The third-order valence-corrected chi connectivity index (χ3v) is 4.76. The van der Waals surface area contributed by atoms with Gasteiger partial charge in [0, 0.05) is 46.0 Å². The summed E-state index contributed by atoms with van der Waals surface area (Å²) in [5, 5.41) is 11.3. The zero-order chi connectivity index (χ0) is 21.1. The zero-order valence-corrected chi connectivity index (χ0v) is 16.0. The van der Waals surface area contributed by atoms with E-state index in [1.807, 2.05) is 17.9 Å². The van der Waals surface area contributed by atoms with Crippen molar-refractivity contribution in [3.05, 3.63) is 18.0 Å². The van der Waals surface area contributed by atoms with Crippen LogP contribution in [-0.4, -0.2) is 82.1 Å². The van der Waals surface area contributed by atoms with E-state index in [-0.39, 0.29) is 18.1 Å². The van der Waals surface area contributed by atoms with Gasteiger partial charge in [0.25, 0.3) is 5.91 Å². The van der Waals surface area contributed by atoms with Crippen molar-refractivity contribution in [2.45, 2.75) is 37.8 Å². The first-order valence-corrected chi connectivity index (χ1v) is 8.84. The van der Waals surface area contributed by atoms with Crippen LogP contribution < -0.4 is 0 Å². The Morgan fingerprint density at radius 1 is 1.39 bits per heavy atom. The van der Waals surface area contributed by atoms with Crippen molar-refractivity contribution in [3.8, 4) is 0 Å². The summed E-state index contributed by atoms with van der Waals surface area (Å²) >= 11 is 0. The van der Waals surface area contributed by atoms with E-state index in [1.54, 1.807) is 19.0 Å². The number of carbonyl (C=O) groups is 2. The summed E-state index contributed by atoms with van der Waals surface area (Å²) in [6.07, 6.45) is 0.836. The van der Waals surface area contributed by atoms with Gasteiger partial charge in [-0.2, -0.15) is 18.3 Å². The first-order valence-electron chi connectivity index (χ1n) is 8.84. The minimum atomic E-state index is -5.08. The van der Waals surface area contributed by atoms with E-state index in [0.29, 0.717) is 5.92 Å². The van der Waals surface area contributed by atoms with Gasteiger partial charge in [-0.25, -0.2) is 4.79 Å². The number of hydrogen-bond donors (Lipinski definition) is 1. The second kappa shape index (κ2) is 8.91. The molecule has 3 atom stereocenters. The molecule has 0 unspecified atom stereocenters. The number of ether oxygens (including phenoxy) is 1. The number of hydrogen-bond acceptors (Lipinski definition) is 5. The molecule has 0 radical (unpaired) electrons. The molecule has 11 heteroatoms. The SMILES string of the molecule is CN(C)C(=O)[C@H]1C[C@@H]2CCN(Cc3cnn(C)c3)C[C@@H]2O1.O=C(O)C(F)(F)F. The Morgan fingerprint density at radius 2 is 2.04 bits per heavy atom. The number of halogens is 3. The van der Waals surface area contributed by atoms with E-state index >= 15 is 0 Å². The number of carboxylic acids is 1. The molecule has 1 N–H and O–H groups in total. The van der Waals surface area contributed by atoms with E-state index in [2.05, 4.69) is 16.2 Å². The fraction of sp³-hybridized carbons (Fsp3) is 0.706. The van der Waals surface area contributed by atoms with Crippen LogP contribution in [0.2, 0.25) is 0 Å². The molecule has 3 rings (SSSR count). The van der Waals surface area contributed by atoms with Crippen LogP contribution in [0.1, 0.15) is 18.4 Å². The first kappa shape index (κ1) is 22.2. The van der Waals surface area contributed by atoms with Gasteiger partial charge in [0.15, 0.2) is 0 Å². The highest BCUT2D eigenvalue weighted by molar-refractivity contribution is 5.80. The Morgan fingerprint density at radius 3 is 2.54 bits per heavy atom. The maximum atomic E-state index is 12.0. The molecule has 0 saturated carbocycles. The van der Waals surface area contributed by atoms with E-state index in [1.165, 1.54) is 5.56 Å². The summed E-state index contributed by atoms with van der Waals surface area (Å²) in [5.41, 5.74) is 1.23. The van der Waals surface area contributed by atoms with Crippen molar-refractivity contribution in [1.29, 1.82) is 0 Å². The van der Waals surface area contributed by atoms with Gasteiger partial charge in [-0.1, -0.05) is 0 Å². The molecule has 28 heavy (non-hydrogen) atoms. The lowest BCUT2D eigenvalue weighted by Gasteiger charge is -2.33. The maximum absolute atomic E-state index is 12.0. The van der Waals surface area contributed by atoms with Crippen LogP contribution in [-0.2, 0) is 27.9 Å². The van der Waals surface area contributed by atoms with Crippen molar-refractivity contribution >= 4 is 11.9 Å². The average Bonchev–Trinajstić information content (AvgIpc) is 3.19. The lowest BCUT2D eigenvalue weighted by molar-refractivity contribution is -0.192. The Hall–Kier alpha value is -2.14. The molecule has 1 aromatic heterocycles. The lowest BCUT2D eigenvalue weighted by Crippen LogP contribution is -2.42. The third-order valence-electron chi connectivity index (χ3n) is 4.76. The number of aromatic nitrogens is 2. The lowest BCUT2D eigenvalue weighted by atomic mass is 9.91. The number of fused-ring (bicyclic) bond motifs is 1. The quantitative estimate of drug-likeness (QED) is 0.810. The van der Waals surface area contributed by atoms with Gasteiger partial charge in [0.1, 0.15) is 6.10 Å². The molecule has 0 spiro atoms. The Bertz CT molecular complexity index is 692. The minimum absolute atomic E-state index is 0.100. The molecule has 2 aliphatic heterocycles. The molecule has 3 heterocycles. The third kappa shape index (κ3) is 5.93. The minimum Gasteiger partial charge on any atom is -0.475 e. The smallest absolute Gasteiger partial charge is 0.475 e.